The second-order valence-corrected chi connectivity index (χ2v) is 6.10. The number of likely N-dealkylation sites (tertiary alicyclic amines) is 1. The Balaban J connectivity index is 1.61. The fraction of sp³-hybridized carbons (Fsp3) is 0.529. The number of nitrogens with zero attached hydrogens (tertiary/aromatic N) is 2. The fourth-order valence-corrected chi connectivity index (χ4v) is 3.43. The van der Waals surface area contributed by atoms with E-state index in [9.17, 15) is 0 Å². The van der Waals surface area contributed by atoms with Gasteiger partial charge < -0.3 is 14.8 Å². The maximum atomic E-state index is 3.37. The molecule has 2 heterocycles. The first-order valence-corrected chi connectivity index (χ1v) is 7.72. The Morgan fingerprint density at radius 1 is 1.35 bits per heavy atom. The van der Waals surface area contributed by atoms with E-state index in [4.69, 9.17) is 0 Å². The van der Waals surface area contributed by atoms with Crippen molar-refractivity contribution in [2.24, 2.45) is 5.92 Å². The van der Waals surface area contributed by atoms with Crippen LogP contribution in [0.3, 0.4) is 0 Å². The van der Waals surface area contributed by atoms with Crippen LogP contribution >= 0.6 is 0 Å². The molecule has 0 aliphatic carbocycles. The zero-order valence-corrected chi connectivity index (χ0v) is 12.6. The van der Waals surface area contributed by atoms with Crippen molar-refractivity contribution in [2.75, 3.05) is 33.2 Å². The number of rotatable bonds is 5. The van der Waals surface area contributed by atoms with Crippen molar-refractivity contribution in [3.8, 4) is 0 Å². The Labute approximate surface area is 121 Å². The van der Waals surface area contributed by atoms with Crippen molar-refractivity contribution in [1.29, 1.82) is 0 Å². The molecule has 20 heavy (non-hydrogen) atoms. The second kappa shape index (κ2) is 5.98. The van der Waals surface area contributed by atoms with Crippen LogP contribution in [0.1, 0.15) is 18.9 Å². The molecule has 0 unspecified atom stereocenters. The summed E-state index contributed by atoms with van der Waals surface area (Å²) in [5.74, 6) is 0.836. The molecule has 108 valence electrons. The van der Waals surface area contributed by atoms with Crippen LogP contribution in [0, 0.1) is 5.92 Å². The van der Waals surface area contributed by atoms with Crippen molar-refractivity contribution in [2.45, 2.75) is 19.9 Å². The van der Waals surface area contributed by atoms with Gasteiger partial charge in [-0.15, -0.1) is 0 Å². The van der Waals surface area contributed by atoms with Gasteiger partial charge in [0.25, 0.3) is 0 Å². The first-order valence-electron chi connectivity index (χ1n) is 7.72. The summed E-state index contributed by atoms with van der Waals surface area (Å²) in [4.78, 5) is 8.40. The van der Waals surface area contributed by atoms with Gasteiger partial charge in [0.15, 0.2) is 0 Å². The Kier molecular flexibility index (Phi) is 4.08. The number of nitrogens with one attached hydrogen (secondary N) is 1. The average molecular weight is 271 g/mol. The van der Waals surface area contributed by atoms with Gasteiger partial charge in [0.05, 0.1) is 0 Å². The van der Waals surface area contributed by atoms with E-state index < -0.39 is 0 Å². The number of aromatic amines is 1. The molecule has 0 amide bonds. The lowest BCUT2D eigenvalue weighted by atomic mass is 10.1. The van der Waals surface area contributed by atoms with Crippen LogP contribution < -0.4 is 0 Å². The summed E-state index contributed by atoms with van der Waals surface area (Å²) in [6.45, 7) is 8.24. The maximum absolute atomic E-state index is 3.37. The van der Waals surface area contributed by atoms with Gasteiger partial charge in [0.1, 0.15) is 0 Å². The summed E-state index contributed by atoms with van der Waals surface area (Å²) in [5, 5.41) is 1.31. The van der Waals surface area contributed by atoms with Crippen molar-refractivity contribution in [3.63, 3.8) is 0 Å². The highest BCUT2D eigenvalue weighted by atomic mass is 15.2. The highest BCUT2D eigenvalue weighted by molar-refractivity contribution is 5.82. The molecule has 2 aromatic rings. The summed E-state index contributed by atoms with van der Waals surface area (Å²) >= 11 is 0. The molecule has 1 saturated heterocycles. The Morgan fingerprint density at radius 2 is 2.25 bits per heavy atom. The molecular weight excluding hydrogens is 246 g/mol. The van der Waals surface area contributed by atoms with Crippen molar-refractivity contribution in [3.05, 3.63) is 36.0 Å². The van der Waals surface area contributed by atoms with Crippen molar-refractivity contribution in [1.82, 2.24) is 14.8 Å². The molecular formula is C17H25N3. The molecule has 3 nitrogen and oxygen atoms in total. The van der Waals surface area contributed by atoms with Crippen molar-refractivity contribution < 1.29 is 0 Å². The average Bonchev–Trinajstić information content (AvgIpc) is 3.07. The third-order valence-electron chi connectivity index (χ3n) is 4.50. The largest absolute Gasteiger partial charge is 0.361 e. The monoisotopic (exact) mass is 271 g/mol. The molecule has 1 fully saturated rings. The van der Waals surface area contributed by atoms with Gasteiger partial charge in [-0.05, 0) is 49.5 Å². The summed E-state index contributed by atoms with van der Waals surface area (Å²) in [5.41, 5.74) is 2.70. The van der Waals surface area contributed by atoms with E-state index in [1.54, 1.807) is 0 Å². The molecule has 0 spiro atoms. The lowest BCUT2D eigenvalue weighted by Crippen LogP contribution is -2.28. The molecule has 0 radical (unpaired) electrons. The van der Waals surface area contributed by atoms with Gasteiger partial charge in [0, 0.05) is 31.3 Å². The van der Waals surface area contributed by atoms with E-state index in [0.717, 1.165) is 12.5 Å². The van der Waals surface area contributed by atoms with E-state index in [1.807, 2.05) is 6.20 Å². The minimum atomic E-state index is 0.836. The normalized spacial score (nSPS) is 20.2. The zero-order valence-electron chi connectivity index (χ0n) is 12.6. The van der Waals surface area contributed by atoms with E-state index >= 15 is 0 Å². The van der Waals surface area contributed by atoms with Crippen LogP contribution in [-0.2, 0) is 6.54 Å². The van der Waals surface area contributed by atoms with Crippen LogP contribution in [0.25, 0.3) is 10.9 Å². The van der Waals surface area contributed by atoms with Gasteiger partial charge in [-0.2, -0.15) is 0 Å². The number of fused-ring (bicyclic) bond motifs is 1. The van der Waals surface area contributed by atoms with Crippen molar-refractivity contribution >= 4 is 10.9 Å². The highest BCUT2D eigenvalue weighted by Crippen LogP contribution is 2.20. The topological polar surface area (TPSA) is 22.3 Å². The smallest absolute Gasteiger partial charge is 0.0499 e. The number of H-pyrrole nitrogens is 1. The molecule has 1 aliphatic heterocycles. The van der Waals surface area contributed by atoms with Gasteiger partial charge in [-0.3, -0.25) is 0 Å². The third-order valence-corrected chi connectivity index (χ3v) is 4.50. The van der Waals surface area contributed by atoms with Crippen LogP contribution in [-0.4, -0.2) is 48.0 Å². The lowest BCUT2D eigenvalue weighted by molar-refractivity contribution is 0.261. The van der Waals surface area contributed by atoms with E-state index in [1.165, 1.54) is 49.1 Å². The highest BCUT2D eigenvalue weighted by Gasteiger charge is 2.22. The second-order valence-electron chi connectivity index (χ2n) is 6.10. The zero-order chi connectivity index (χ0) is 13.9. The summed E-state index contributed by atoms with van der Waals surface area (Å²) in [6, 6.07) is 8.72. The molecule has 1 N–H and O–H groups in total. The Bertz CT molecular complexity index is 560. The minimum absolute atomic E-state index is 0.836. The van der Waals surface area contributed by atoms with Gasteiger partial charge in [0.2, 0.25) is 0 Å². The first kappa shape index (κ1) is 13.7. The summed E-state index contributed by atoms with van der Waals surface area (Å²) < 4.78 is 0. The quantitative estimate of drug-likeness (QED) is 0.903. The molecule has 1 aromatic carbocycles. The van der Waals surface area contributed by atoms with Crippen LogP contribution in [0.2, 0.25) is 0 Å². The lowest BCUT2D eigenvalue weighted by Gasteiger charge is -2.21. The SMILES string of the molecule is CCN1CC[C@H](CN(C)Cc2cccc3cc[nH]c23)C1. The Hall–Kier alpha value is -1.32. The molecule has 0 bridgehead atoms. The molecule has 0 saturated carbocycles. The molecule has 1 aromatic heterocycles. The third kappa shape index (κ3) is 2.89. The van der Waals surface area contributed by atoms with E-state index in [0.29, 0.717) is 0 Å². The standard InChI is InChI=1S/C17H25N3/c1-3-20-10-8-14(12-20)11-19(2)13-16-6-4-5-15-7-9-18-17(15)16/h4-7,9,14,18H,3,8,10-13H2,1-2H3/t14-/m1/s1. The van der Waals surface area contributed by atoms with Crippen LogP contribution in [0.4, 0.5) is 0 Å². The predicted octanol–water partition coefficient (Wildman–Crippen LogP) is 2.94. The predicted molar refractivity (Wildman–Crippen MR) is 84.9 cm³/mol. The van der Waals surface area contributed by atoms with Crippen LogP contribution in [0.15, 0.2) is 30.5 Å². The van der Waals surface area contributed by atoms with Gasteiger partial charge in [-0.25, -0.2) is 0 Å². The number of hydrogen-bond acceptors (Lipinski definition) is 2. The number of para-hydroxylation sites is 1. The molecule has 1 aliphatic rings. The van der Waals surface area contributed by atoms with Gasteiger partial charge in [-0.1, -0.05) is 25.1 Å². The summed E-state index contributed by atoms with van der Waals surface area (Å²) in [6.07, 6.45) is 3.38. The number of benzene rings is 1. The Morgan fingerprint density at radius 3 is 3.05 bits per heavy atom. The molecule has 1 atom stereocenters. The summed E-state index contributed by atoms with van der Waals surface area (Å²) in [7, 11) is 2.25. The van der Waals surface area contributed by atoms with E-state index in [-0.39, 0.29) is 0 Å². The van der Waals surface area contributed by atoms with E-state index in [2.05, 4.69) is 53.0 Å². The number of aromatic nitrogens is 1. The molecule has 3 heteroatoms. The maximum Gasteiger partial charge on any atom is 0.0499 e. The first-order chi connectivity index (χ1) is 9.76. The number of hydrogen-bond donors (Lipinski definition) is 1. The fourth-order valence-electron chi connectivity index (χ4n) is 3.43. The minimum Gasteiger partial charge on any atom is -0.361 e. The van der Waals surface area contributed by atoms with Gasteiger partial charge >= 0.3 is 0 Å². The van der Waals surface area contributed by atoms with Crippen LogP contribution in [0.5, 0.6) is 0 Å². The molecule has 3 rings (SSSR count).